The van der Waals surface area contributed by atoms with Crippen LogP contribution < -0.4 is 10.1 Å². The fraction of sp³-hybridized carbons (Fsp3) is 0.684. The normalized spacial score (nSPS) is 27.0. The van der Waals surface area contributed by atoms with Crippen LogP contribution in [0.2, 0.25) is 0 Å². The topological polar surface area (TPSA) is 21.3 Å². The van der Waals surface area contributed by atoms with Gasteiger partial charge in [0.15, 0.2) is 0 Å². The van der Waals surface area contributed by atoms with Gasteiger partial charge in [0.1, 0.15) is 5.75 Å². The Balaban J connectivity index is 0.00000144. The number of methoxy groups -OCH3 is 1. The summed E-state index contributed by atoms with van der Waals surface area (Å²) in [5.41, 5.74) is 3.05. The van der Waals surface area contributed by atoms with Crippen molar-refractivity contribution in [2.75, 3.05) is 13.7 Å². The molecular formula is C19H28ClNO. The lowest BCUT2D eigenvalue weighted by molar-refractivity contribution is 0.337. The van der Waals surface area contributed by atoms with Crippen molar-refractivity contribution in [3.8, 4) is 5.75 Å². The highest BCUT2D eigenvalue weighted by Gasteiger charge is 2.36. The number of benzene rings is 1. The lowest BCUT2D eigenvalue weighted by Crippen LogP contribution is -2.39. The molecule has 3 heteroatoms. The molecule has 22 heavy (non-hydrogen) atoms. The highest BCUT2D eigenvalue weighted by atomic mass is 35.5. The van der Waals surface area contributed by atoms with E-state index in [-0.39, 0.29) is 12.4 Å². The van der Waals surface area contributed by atoms with Crippen molar-refractivity contribution in [2.24, 2.45) is 11.8 Å². The van der Waals surface area contributed by atoms with Crippen LogP contribution in [0.25, 0.3) is 0 Å². The van der Waals surface area contributed by atoms with Gasteiger partial charge in [-0.2, -0.15) is 0 Å². The van der Waals surface area contributed by atoms with E-state index in [0.717, 1.165) is 17.6 Å². The van der Waals surface area contributed by atoms with E-state index in [4.69, 9.17) is 4.74 Å². The minimum Gasteiger partial charge on any atom is -0.496 e. The predicted octanol–water partition coefficient (Wildman–Crippen LogP) is 4.32. The Labute approximate surface area is 140 Å². The summed E-state index contributed by atoms with van der Waals surface area (Å²) < 4.78 is 5.70. The van der Waals surface area contributed by atoms with E-state index < -0.39 is 0 Å². The summed E-state index contributed by atoms with van der Waals surface area (Å²) in [4.78, 5) is 0. The maximum Gasteiger partial charge on any atom is 0.122 e. The summed E-state index contributed by atoms with van der Waals surface area (Å²) in [7, 11) is 1.82. The lowest BCUT2D eigenvalue weighted by Gasteiger charge is -2.35. The van der Waals surface area contributed by atoms with E-state index in [1.54, 1.807) is 0 Å². The third kappa shape index (κ3) is 3.44. The minimum atomic E-state index is 0. The Bertz CT molecular complexity index is 496. The second-order valence-electron chi connectivity index (χ2n) is 7.32. The Morgan fingerprint density at radius 3 is 2.55 bits per heavy atom. The van der Waals surface area contributed by atoms with Crippen LogP contribution in [0.15, 0.2) is 18.2 Å². The van der Waals surface area contributed by atoms with E-state index in [1.807, 2.05) is 7.11 Å². The molecule has 2 nitrogen and oxygen atoms in total. The number of hydrogen-bond acceptors (Lipinski definition) is 2. The molecule has 0 aliphatic heterocycles. The molecule has 0 bridgehead atoms. The van der Waals surface area contributed by atoms with E-state index in [9.17, 15) is 0 Å². The number of halogens is 1. The summed E-state index contributed by atoms with van der Waals surface area (Å²) in [5.74, 6) is 3.72. The number of rotatable bonds is 6. The standard InChI is InChI=1S/C19H27NO.ClH/c1-21-18-4-2-3-15-9-10-17(20-12-14-7-8-14)16(19(15)18)11-13-5-6-13;/h2-4,13-14,16-17,20H,5-12H2,1H3;1H/t16-,17+;/m1./s1. The van der Waals surface area contributed by atoms with E-state index in [1.165, 1.54) is 62.6 Å². The van der Waals surface area contributed by atoms with E-state index in [0.29, 0.717) is 12.0 Å². The molecule has 0 spiro atoms. The summed E-state index contributed by atoms with van der Waals surface area (Å²) in [6, 6.07) is 7.29. The lowest BCUT2D eigenvalue weighted by atomic mass is 9.76. The average molecular weight is 322 g/mol. The summed E-state index contributed by atoms with van der Waals surface area (Å²) in [5, 5.41) is 3.90. The molecule has 0 amide bonds. The summed E-state index contributed by atoms with van der Waals surface area (Å²) >= 11 is 0. The summed E-state index contributed by atoms with van der Waals surface area (Å²) in [6.07, 6.45) is 9.61. The van der Waals surface area contributed by atoms with Crippen LogP contribution in [0.4, 0.5) is 0 Å². The van der Waals surface area contributed by atoms with E-state index >= 15 is 0 Å². The minimum absolute atomic E-state index is 0. The fourth-order valence-electron chi connectivity index (χ4n) is 4.00. The van der Waals surface area contributed by atoms with E-state index in [2.05, 4.69) is 23.5 Å². The smallest absolute Gasteiger partial charge is 0.122 e. The predicted molar refractivity (Wildman–Crippen MR) is 93.2 cm³/mol. The Morgan fingerprint density at radius 1 is 1.09 bits per heavy atom. The first-order chi connectivity index (χ1) is 10.3. The molecular weight excluding hydrogens is 294 g/mol. The maximum absolute atomic E-state index is 5.70. The molecule has 4 rings (SSSR count). The number of fused-ring (bicyclic) bond motifs is 1. The van der Waals surface area contributed by atoms with Gasteiger partial charge in [0.05, 0.1) is 7.11 Å². The molecule has 1 aromatic rings. The zero-order chi connectivity index (χ0) is 14.2. The molecule has 0 radical (unpaired) electrons. The van der Waals surface area contributed by atoms with Crippen molar-refractivity contribution in [1.29, 1.82) is 0 Å². The highest BCUT2D eigenvalue weighted by Crippen LogP contribution is 2.46. The van der Waals surface area contributed by atoms with Gasteiger partial charge in [-0.25, -0.2) is 0 Å². The number of aryl methyl sites for hydroxylation is 1. The molecule has 1 N–H and O–H groups in total. The molecule has 0 heterocycles. The number of hydrogen-bond donors (Lipinski definition) is 1. The largest absolute Gasteiger partial charge is 0.496 e. The van der Waals surface area contributed by atoms with Gasteiger partial charge in [-0.1, -0.05) is 25.0 Å². The van der Waals surface area contributed by atoms with Gasteiger partial charge in [0.25, 0.3) is 0 Å². The van der Waals surface area contributed by atoms with Gasteiger partial charge in [-0.3, -0.25) is 0 Å². The van der Waals surface area contributed by atoms with Crippen molar-refractivity contribution in [3.05, 3.63) is 29.3 Å². The molecule has 0 unspecified atom stereocenters. The van der Waals surface area contributed by atoms with Crippen LogP contribution >= 0.6 is 12.4 Å². The summed E-state index contributed by atoms with van der Waals surface area (Å²) in [6.45, 7) is 1.23. The molecule has 3 aliphatic rings. The SMILES string of the molecule is COc1cccc2c1[C@H](CC1CC1)[C@@H](NCC1CC1)CC2.Cl. The van der Waals surface area contributed by atoms with Gasteiger partial charge in [-0.15, -0.1) is 12.4 Å². The monoisotopic (exact) mass is 321 g/mol. The molecule has 1 aromatic carbocycles. The Hall–Kier alpha value is -0.730. The van der Waals surface area contributed by atoms with Crippen LogP contribution in [0.5, 0.6) is 5.75 Å². The molecule has 2 fully saturated rings. The highest BCUT2D eigenvalue weighted by molar-refractivity contribution is 5.85. The van der Waals surface area contributed by atoms with Crippen LogP contribution in [-0.4, -0.2) is 19.7 Å². The Morgan fingerprint density at radius 2 is 1.86 bits per heavy atom. The maximum atomic E-state index is 5.70. The zero-order valence-electron chi connectivity index (χ0n) is 13.5. The van der Waals surface area contributed by atoms with Crippen molar-refractivity contribution >= 4 is 12.4 Å². The van der Waals surface area contributed by atoms with Crippen molar-refractivity contribution in [2.45, 2.75) is 56.9 Å². The van der Waals surface area contributed by atoms with Crippen molar-refractivity contribution in [1.82, 2.24) is 5.32 Å². The number of ether oxygens (including phenoxy) is 1. The van der Waals surface area contributed by atoms with Crippen LogP contribution in [0.3, 0.4) is 0 Å². The average Bonchev–Trinajstić information content (AvgIpc) is 3.40. The quantitative estimate of drug-likeness (QED) is 0.842. The molecule has 122 valence electrons. The third-order valence-corrected chi connectivity index (χ3v) is 5.61. The molecule has 0 saturated heterocycles. The van der Waals surface area contributed by atoms with Gasteiger partial charge >= 0.3 is 0 Å². The van der Waals surface area contributed by atoms with Gasteiger partial charge in [0.2, 0.25) is 0 Å². The molecule has 2 atom stereocenters. The second kappa shape index (κ2) is 6.80. The molecule has 2 saturated carbocycles. The second-order valence-corrected chi connectivity index (χ2v) is 7.32. The first-order valence-corrected chi connectivity index (χ1v) is 8.74. The van der Waals surface area contributed by atoms with Crippen LogP contribution in [-0.2, 0) is 6.42 Å². The zero-order valence-corrected chi connectivity index (χ0v) is 14.3. The fourth-order valence-corrected chi connectivity index (χ4v) is 4.00. The Kier molecular flexibility index (Phi) is 4.99. The van der Waals surface area contributed by atoms with Crippen LogP contribution in [0, 0.1) is 11.8 Å². The van der Waals surface area contributed by atoms with Crippen molar-refractivity contribution in [3.63, 3.8) is 0 Å². The molecule has 0 aromatic heterocycles. The van der Waals surface area contributed by atoms with Crippen LogP contribution in [0.1, 0.15) is 55.6 Å². The first-order valence-electron chi connectivity index (χ1n) is 8.74. The van der Waals surface area contributed by atoms with Gasteiger partial charge < -0.3 is 10.1 Å². The first kappa shape index (κ1) is 16.1. The third-order valence-electron chi connectivity index (χ3n) is 5.61. The van der Waals surface area contributed by atoms with Gasteiger partial charge in [-0.05, 0) is 62.1 Å². The van der Waals surface area contributed by atoms with Gasteiger partial charge in [0, 0.05) is 17.5 Å². The van der Waals surface area contributed by atoms with Crippen molar-refractivity contribution < 1.29 is 4.74 Å². The number of nitrogens with one attached hydrogen (secondary N) is 1. The molecule has 3 aliphatic carbocycles.